The van der Waals surface area contributed by atoms with Crippen molar-refractivity contribution in [3.8, 4) is 0 Å². The van der Waals surface area contributed by atoms with Gasteiger partial charge in [0.05, 0.1) is 12.9 Å². The molecule has 0 amide bonds. The first-order chi connectivity index (χ1) is 5.27. The van der Waals surface area contributed by atoms with Gasteiger partial charge in [-0.05, 0) is 14.1 Å². The summed E-state index contributed by atoms with van der Waals surface area (Å²) in [6.45, 7) is 7.11. The van der Waals surface area contributed by atoms with E-state index in [4.69, 9.17) is 4.74 Å². The van der Waals surface area contributed by atoms with Crippen molar-refractivity contribution in [2.75, 3.05) is 40.3 Å². The molecule has 0 atom stereocenters. The van der Waals surface area contributed by atoms with Gasteiger partial charge in [0.25, 0.3) is 0 Å². The van der Waals surface area contributed by atoms with Crippen LogP contribution in [0.25, 0.3) is 0 Å². The third kappa shape index (κ3) is 9.46. The number of ether oxygens (including phenoxy) is 1. The standard InChI is InChI=1S/C8H18N2O/c1-4-11-8-6-9-5-7-10(2)3/h4,9H,1,5-8H2,2-3H3. The molecule has 0 fully saturated rings. The summed E-state index contributed by atoms with van der Waals surface area (Å²) in [5, 5.41) is 3.24. The highest BCUT2D eigenvalue weighted by atomic mass is 16.5. The molecule has 0 heterocycles. The predicted octanol–water partition coefficient (Wildman–Crippen LogP) is 0.298. The molecule has 3 nitrogen and oxygen atoms in total. The van der Waals surface area contributed by atoms with Crippen LogP contribution in [-0.2, 0) is 4.74 Å². The fourth-order valence-corrected chi connectivity index (χ4v) is 0.642. The largest absolute Gasteiger partial charge is 0.500 e. The molecule has 3 heteroatoms. The van der Waals surface area contributed by atoms with Crippen molar-refractivity contribution in [1.29, 1.82) is 0 Å². The molecule has 1 N–H and O–H groups in total. The Morgan fingerprint density at radius 2 is 2.18 bits per heavy atom. The number of hydrogen-bond acceptors (Lipinski definition) is 3. The highest BCUT2D eigenvalue weighted by Crippen LogP contribution is 1.73. The lowest BCUT2D eigenvalue weighted by Gasteiger charge is -2.09. The van der Waals surface area contributed by atoms with Crippen molar-refractivity contribution in [3.63, 3.8) is 0 Å². The van der Waals surface area contributed by atoms with E-state index in [9.17, 15) is 0 Å². The zero-order valence-corrected chi connectivity index (χ0v) is 7.47. The molecule has 0 rings (SSSR count). The van der Waals surface area contributed by atoms with Crippen molar-refractivity contribution in [3.05, 3.63) is 12.8 Å². The van der Waals surface area contributed by atoms with Crippen LogP contribution >= 0.6 is 0 Å². The number of hydrogen-bond donors (Lipinski definition) is 1. The molecule has 11 heavy (non-hydrogen) atoms. The molecular formula is C8H18N2O. The van der Waals surface area contributed by atoms with Gasteiger partial charge in [-0.15, -0.1) is 0 Å². The summed E-state index contributed by atoms with van der Waals surface area (Å²) in [6, 6.07) is 0. The van der Waals surface area contributed by atoms with Gasteiger partial charge in [0.15, 0.2) is 0 Å². The molecule has 0 aromatic heterocycles. The third-order valence-electron chi connectivity index (χ3n) is 1.25. The minimum atomic E-state index is 0.705. The summed E-state index contributed by atoms with van der Waals surface area (Å²) in [4.78, 5) is 2.14. The fourth-order valence-electron chi connectivity index (χ4n) is 0.642. The summed E-state index contributed by atoms with van der Waals surface area (Å²) in [7, 11) is 4.11. The topological polar surface area (TPSA) is 24.5 Å². The summed E-state index contributed by atoms with van der Waals surface area (Å²) in [5.74, 6) is 0. The predicted molar refractivity (Wildman–Crippen MR) is 47.6 cm³/mol. The first-order valence-corrected chi connectivity index (χ1v) is 3.85. The average molecular weight is 158 g/mol. The van der Waals surface area contributed by atoms with Gasteiger partial charge in [0.1, 0.15) is 0 Å². The minimum absolute atomic E-state index is 0.705. The first-order valence-electron chi connectivity index (χ1n) is 3.85. The summed E-state index contributed by atoms with van der Waals surface area (Å²) < 4.78 is 4.93. The van der Waals surface area contributed by atoms with Gasteiger partial charge >= 0.3 is 0 Å². The van der Waals surface area contributed by atoms with E-state index >= 15 is 0 Å². The van der Waals surface area contributed by atoms with Crippen molar-refractivity contribution in [1.82, 2.24) is 10.2 Å². The van der Waals surface area contributed by atoms with Crippen LogP contribution in [0.3, 0.4) is 0 Å². The number of rotatable bonds is 7. The van der Waals surface area contributed by atoms with Crippen LogP contribution in [-0.4, -0.2) is 45.2 Å². The van der Waals surface area contributed by atoms with E-state index in [1.54, 1.807) is 0 Å². The summed E-state index contributed by atoms with van der Waals surface area (Å²) in [5.41, 5.74) is 0. The highest BCUT2D eigenvalue weighted by Gasteiger charge is 1.88. The second-order valence-electron chi connectivity index (χ2n) is 2.59. The van der Waals surface area contributed by atoms with E-state index in [1.165, 1.54) is 6.26 Å². The molecule has 0 radical (unpaired) electrons. The maximum atomic E-state index is 4.93. The molecule has 0 aliphatic carbocycles. The van der Waals surface area contributed by atoms with E-state index in [1.807, 2.05) is 0 Å². The zero-order valence-electron chi connectivity index (χ0n) is 7.47. The molecule has 0 aliphatic rings. The first kappa shape index (κ1) is 10.5. The van der Waals surface area contributed by atoms with Crippen molar-refractivity contribution < 1.29 is 4.74 Å². The highest BCUT2D eigenvalue weighted by molar-refractivity contribution is 4.52. The Kier molecular flexibility index (Phi) is 7.19. The summed E-state index contributed by atoms with van der Waals surface area (Å²) >= 11 is 0. The lowest BCUT2D eigenvalue weighted by atomic mass is 10.5. The van der Waals surface area contributed by atoms with Gasteiger partial charge in [-0.3, -0.25) is 0 Å². The number of likely N-dealkylation sites (N-methyl/N-ethyl adjacent to an activating group) is 1. The van der Waals surface area contributed by atoms with Gasteiger partial charge in [-0.2, -0.15) is 0 Å². The third-order valence-corrected chi connectivity index (χ3v) is 1.25. The van der Waals surface area contributed by atoms with Crippen LogP contribution in [0.4, 0.5) is 0 Å². The van der Waals surface area contributed by atoms with Crippen LogP contribution in [0.1, 0.15) is 0 Å². The minimum Gasteiger partial charge on any atom is -0.500 e. The van der Waals surface area contributed by atoms with Gasteiger partial charge in [0, 0.05) is 19.6 Å². The fraction of sp³-hybridized carbons (Fsp3) is 0.750. The monoisotopic (exact) mass is 158 g/mol. The van der Waals surface area contributed by atoms with Crippen LogP contribution < -0.4 is 5.32 Å². The molecule has 0 aromatic carbocycles. The number of nitrogens with one attached hydrogen (secondary N) is 1. The molecule has 0 saturated heterocycles. The average Bonchev–Trinajstić information content (AvgIpc) is 1.96. The summed E-state index contributed by atoms with van der Waals surface area (Å²) in [6.07, 6.45) is 1.47. The zero-order chi connectivity index (χ0) is 8.53. The maximum Gasteiger partial charge on any atom is 0.0997 e. The second-order valence-corrected chi connectivity index (χ2v) is 2.59. The Bertz CT molecular complexity index is 94.1. The molecule has 0 unspecified atom stereocenters. The van der Waals surface area contributed by atoms with Crippen molar-refractivity contribution >= 4 is 0 Å². The number of nitrogens with zero attached hydrogens (tertiary/aromatic N) is 1. The van der Waals surface area contributed by atoms with E-state index < -0.39 is 0 Å². The Labute approximate surface area is 69.0 Å². The normalized spacial score (nSPS) is 10.1. The van der Waals surface area contributed by atoms with E-state index in [2.05, 4.69) is 30.9 Å². The van der Waals surface area contributed by atoms with Crippen LogP contribution in [0.5, 0.6) is 0 Å². The Morgan fingerprint density at radius 3 is 2.73 bits per heavy atom. The SMILES string of the molecule is C=COCCNCCN(C)C. The lowest BCUT2D eigenvalue weighted by molar-refractivity contribution is 0.248. The van der Waals surface area contributed by atoms with E-state index in [0.29, 0.717) is 6.61 Å². The lowest BCUT2D eigenvalue weighted by Crippen LogP contribution is -2.28. The van der Waals surface area contributed by atoms with E-state index in [0.717, 1.165) is 19.6 Å². The molecule has 66 valence electrons. The Balaban J connectivity index is 2.85. The Morgan fingerprint density at radius 1 is 1.45 bits per heavy atom. The molecule has 0 bridgehead atoms. The van der Waals surface area contributed by atoms with E-state index in [-0.39, 0.29) is 0 Å². The van der Waals surface area contributed by atoms with Crippen molar-refractivity contribution in [2.24, 2.45) is 0 Å². The van der Waals surface area contributed by atoms with Gasteiger partial charge in [0.2, 0.25) is 0 Å². The van der Waals surface area contributed by atoms with Crippen LogP contribution in [0.2, 0.25) is 0 Å². The smallest absolute Gasteiger partial charge is 0.0997 e. The molecule has 0 aliphatic heterocycles. The van der Waals surface area contributed by atoms with Gasteiger partial charge < -0.3 is 15.0 Å². The van der Waals surface area contributed by atoms with Crippen LogP contribution in [0, 0.1) is 0 Å². The molecule has 0 aromatic rings. The maximum absolute atomic E-state index is 4.93. The molecule has 0 spiro atoms. The molecule has 0 saturated carbocycles. The van der Waals surface area contributed by atoms with Gasteiger partial charge in [-0.25, -0.2) is 0 Å². The molecular weight excluding hydrogens is 140 g/mol. The quantitative estimate of drug-likeness (QED) is 0.426. The van der Waals surface area contributed by atoms with Gasteiger partial charge in [-0.1, -0.05) is 6.58 Å². The van der Waals surface area contributed by atoms with Crippen LogP contribution in [0.15, 0.2) is 12.8 Å². The second kappa shape index (κ2) is 7.57. The van der Waals surface area contributed by atoms with Crippen molar-refractivity contribution in [2.45, 2.75) is 0 Å². The Hall–Kier alpha value is -0.540.